The summed E-state index contributed by atoms with van der Waals surface area (Å²) < 4.78 is 18.2. The number of hydrogen-bond donors (Lipinski definition) is 2. The summed E-state index contributed by atoms with van der Waals surface area (Å²) in [5, 5.41) is 2.60. The Kier molecular flexibility index (Phi) is 3.61. The number of nitrogens with two attached hydrogens (primary N) is 1. The number of aromatic nitrogens is 1. The van der Waals surface area contributed by atoms with Gasteiger partial charge in [0.15, 0.2) is 0 Å². The Hall–Kier alpha value is -2.63. The molecule has 1 aromatic heterocycles. The molecule has 0 atom stereocenters. The number of para-hydroxylation sites is 2. The van der Waals surface area contributed by atoms with Gasteiger partial charge in [-0.05, 0) is 18.2 Å². The molecule has 0 fully saturated rings. The zero-order valence-corrected chi connectivity index (χ0v) is 10.2. The quantitative estimate of drug-likeness (QED) is 0.886. The zero-order valence-electron chi connectivity index (χ0n) is 10.2. The van der Waals surface area contributed by atoms with Crippen molar-refractivity contribution in [1.29, 1.82) is 0 Å². The fourth-order valence-corrected chi connectivity index (χ4v) is 1.57. The van der Waals surface area contributed by atoms with Crippen molar-refractivity contribution < 1.29 is 13.9 Å². The Morgan fingerprint density at radius 3 is 2.89 bits per heavy atom. The van der Waals surface area contributed by atoms with E-state index in [0.717, 1.165) is 12.3 Å². The van der Waals surface area contributed by atoms with Gasteiger partial charge in [-0.15, -0.1) is 0 Å². The van der Waals surface area contributed by atoms with Crippen LogP contribution in [-0.2, 0) is 0 Å². The fraction of sp³-hybridized carbons (Fsp3) is 0.0769. The number of pyridine rings is 1. The second kappa shape index (κ2) is 5.34. The van der Waals surface area contributed by atoms with E-state index in [1.807, 2.05) is 0 Å². The summed E-state index contributed by atoms with van der Waals surface area (Å²) >= 11 is 0. The monoisotopic (exact) mass is 261 g/mol. The summed E-state index contributed by atoms with van der Waals surface area (Å²) in [6, 6.07) is 7.91. The van der Waals surface area contributed by atoms with Crippen LogP contribution < -0.4 is 15.8 Å². The van der Waals surface area contributed by atoms with E-state index in [1.54, 1.807) is 24.3 Å². The van der Waals surface area contributed by atoms with E-state index < -0.39 is 11.7 Å². The smallest absolute Gasteiger partial charge is 0.259 e. The number of benzene rings is 1. The highest BCUT2D eigenvalue weighted by molar-refractivity contribution is 6.07. The molecular weight excluding hydrogens is 249 g/mol. The molecule has 0 aliphatic carbocycles. The maximum atomic E-state index is 13.1. The Bertz CT molecular complexity index is 617. The Morgan fingerprint density at radius 1 is 1.42 bits per heavy atom. The largest absolute Gasteiger partial charge is 0.495 e. The lowest BCUT2D eigenvalue weighted by molar-refractivity contribution is 0.102. The van der Waals surface area contributed by atoms with Gasteiger partial charge in [-0.3, -0.25) is 4.79 Å². The van der Waals surface area contributed by atoms with Gasteiger partial charge in [0.2, 0.25) is 0 Å². The van der Waals surface area contributed by atoms with Crippen molar-refractivity contribution in [2.24, 2.45) is 0 Å². The average Bonchev–Trinajstić information content (AvgIpc) is 2.42. The van der Waals surface area contributed by atoms with E-state index in [4.69, 9.17) is 10.5 Å². The normalized spacial score (nSPS) is 10.0. The first-order valence-electron chi connectivity index (χ1n) is 5.47. The van der Waals surface area contributed by atoms with E-state index >= 15 is 0 Å². The van der Waals surface area contributed by atoms with Gasteiger partial charge in [0.1, 0.15) is 17.4 Å². The van der Waals surface area contributed by atoms with Gasteiger partial charge in [-0.2, -0.15) is 0 Å². The van der Waals surface area contributed by atoms with Crippen molar-refractivity contribution >= 4 is 17.4 Å². The predicted molar refractivity (Wildman–Crippen MR) is 69.6 cm³/mol. The molecule has 1 heterocycles. The van der Waals surface area contributed by atoms with Crippen LogP contribution in [0, 0.1) is 5.82 Å². The number of ether oxygens (including phenoxy) is 1. The zero-order chi connectivity index (χ0) is 13.8. The minimum Gasteiger partial charge on any atom is -0.495 e. The van der Waals surface area contributed by atoms with E-state index in [0.29, 0.717) is 11.4 Å². The number of anilines is 2. The van der Waals surface area contributed by atoms with Crippen LogP contribution in [0.25, 0.3) is 0 Å². The number of amides is 1. The van der Waals surface area contributed by atoms with E-state index in [9.17, 15) is 9.18 Å². The molecule has 0 saturated carbocycles. The molecule has 6 heteroatoms. The second-order valence-electron chi connectivity index (χ2n) is 3.74. The minimum atomic E-state index is -0.626. The maximum Gasteiger partial charge on any atom is 0.259 e. The van der Waals surface area contributed by atoms with Gasteiger partial charge in [0.25, 0.3) is 5.91 Å². The third kappa shape index (κ3) is 2.79. The van der Waals surface area contributed by atoms with E-state index in [2.05, 4.69) is 10.3 Å². The molecule has 0 radical (unpaired) electrons. The third-order valence-electron chi connectivity index (χ3n) is 2.48. The van der Waals surface area contributed by atoms with Crippen molar-refractivity contribution in [2.75, 3.05) is 18.2 Å². The summed E-state index contributed by atoms with van der Waals surface area (Å²) in [6.07, 6.45) is 0.954. The first-order chi connectivity index (χ1) is 9.11. The van der Waals surface area contributed by atoms with Gasteiger partial charge < -0.3 is 15.8 Å². The average molecular weight is 261 g/mol. The molecule has 0 bridgehead atoms. The van der Waals surface area contributed by atoms with Crippen LogP contribution in [0.1, 0.15) is 10.4 Å². The summed E-state index contributed by atoms with van der Waals surface area (Å²) in [5.41, 5.74) is 5.99. The Labute approximate surface area is 109 Å². The molecule has 3 N–H and O–H groups in total. The topological polar surface area (TPSA) is 77.2 Å². The molecule has 0 spiro atoms. The molecule has 1 amide bonds. The fourth-order valence-electron chi connectivity index (χ4n) is 1.57. The number of nitrogens with one attached hydrogen (secondary N) is 1. The molecule has 0 aliphatic rings. The van der Waals surface area contributed by atoms with Crippen LogP contribution in [0.3, 0.4) is 0 Å². The number of methoxy groups -OCH3 is 1. The Morgan fingerprint density at radius 2 is 2.16 bits per heavy atom. The van der Waals surface area contributed by atoms with Gasteiger partial charge >= 0.3 is 0 Å². The highest BCUT2D eigenvalue weighted by atomic mass is 19.1. The molecule has 0 unspecified atom stereocenters. The number of halogens is 1. The first kappa shape index (κ1) is 12.8. The van der Waals surface area contributed by atoms with Crippen LogP contribution in [0.2, 0.25) is 0 Å². The van der Waals surface area contributed by atoms with Crippen LogP contribution in [0.15, 0.2) is 36.5 Å². The molecule has 2 rings (SSSR count). The molecule has 1 aromatic carbocycles. The molecule has 0 aliphatic heterocycles. The van der Waals surface area contributed by atoms with Crippen molar-refractivity contribution in [3.63, 3.8) is 0 Å². The molecule has 0 saturated heterocycles. The standard InChI is InChI=1S/C13H12FN3O2/c1-19-11-5-3-2-4-10(11)17-13(18)9-6-8(14)7-16-12(9)15/h2-7H,1H3,(H2,15,16)(H,17,18). The van der Waals surface area contributed by atoms with Crippen molar-refractivity contribution in [3.05, 3.63) is 47.9 Å². The molecule has 98 valence electrons. The van der Waals surface area contributed by atoms with Gasteiger partial charge in [-0.1, -0.05) is 12.1 Å². The minimum absolute atomic E-state index is 0.0223. The number of carbonyl (C=O) groups excluding carboxylic acids is 1. The lowest BCUT2D eigenvalue weighted by Crippen LogP contribution is -2.15. The highest BCUT2D eigenvalue weighted by Gasteiger charge is 2.14. The van der Waals surface area contributed by atoms with Crippen LogP contribution in [0.4, 0.5) is 15.9 Å². The number of rotatable bonds is 3. The Balaban J connectivity index is 2.28. The molecular formula is C13H12FN3O2. The van der Waals surface area contributed by atoms with Crippen LogP contribution in [0.5, 0.6) is 5.75 Å². The SMILES string of the molecule is COc1ccccc1NC(=O)c1cc(F)cnc1N. The summed E-state index contributed by atoms with van der Waals surface area (Å²) in [4.78, 5) is 15.6. The number of hydrogen-bond acceptors (Lipinski definition) is 4. The lowest BCUT2D eigenvalue weighted by Gasteiger charge is -2.10. The number of nitrogens with zero attached hydrogens (tertiary/aromatic N) is 1. The molecule has 19 heavy (non-hydrogen) atoms. The second-order valence-corrected chi connectivity index (χ2v) is 3.74. The van der Waals surface area contributed by atoms with Crippen molar-refractivity contribution in [1.82, 2.24) is 4.98 Å². The van der Waals surface area contributed by atoms with Crippen molar-refractivity contribution in [3.8, 4) is 5.75 Å². The molecule has 5 nitrogen and oxygen atoms in total. The van der Waals surface area contributed by atoms with Crippen molar-refractivity contribution in [2.45, 2.75) is 0 Å². The maximum absolute atomic E-state index is 13.1. The summed E-state index contributed by atoms with van der Waals surface area (Å²) in [5.74, 6) is -0.707. The number of nitrogen functional groups attached to an aromatic ring is 1. The first-order valence-corrected chi connectivity index (χ1v) is 5.47. The highest BCUT2D eigenvalue weighted by Crippen LogP contribution is 2.24. The number of carbonyl (C=O) groups is 1. The van der Waals surface area contributed by atoms with Crippen LogP contribution in [-0.4, -0.2) is 18.0 Å². The van der Waals surface area contributed by atoms with E-state index in [1.165, 1.54) is 7.11 Å². The predicted octanol–water partition coefficient (Wildman–Crippen LogP) is 2.06. The van der Waals surface area contributed by atoms with E-state index in [-0.39, 0.29) is 11.4 Å². The van der Waals surface area contributed by atoms with Gasteiger partial charge in [0, 0.05) is 0 Å². The third-order valence-corrected chi connectivity index (χ3v) is 2.48. The summed E-state index contributed by atoms with van der Waals surface area (Å²) in [6.45, 7) is 0. The molecule has 2 aromatic rings. The summed E-state index contributed by atoms with van der Waals surface area (Å²) in [7, 11) is 1.49. The van der Waals surface area contributed by atoms with Crippen LogP contribution >= 0.6 is 0 Å². The van der Waals surface area contributed by atoms with Gasteiger partial charge in [-0.25, -0.2) is 9.37 Å². The lowest BCUT2D eigenvalue weighted by atomic mass is 10.2. The van der Waals surface area contributed by atoms with Gasteiger partial charge in [0.05, 0.1) is 24.6 Å².